The minimum Gasteiger partial charge on any atom is -0.192 e. The molecule has 5 nitrogen and oxygen atoms in total. The van der Waals surface area contributed by atoms with Crippen LogP contribution in [0.2, 0.25) is 0 Å². The summed E-state index contributed by atoms with van der Waals surface area (Å²) in [7, 11) is 0. The summed E-state index contributed by atoms with van der Waals surface area (Å²) in [5.41, 5.74) is 1.40. The zero-order valence-electron chi connectivity index (χ0n) is 8.66. The van der Waals surface area contributed by atoms with Gasteiger partial charge in [-0.2, -0.15) is 9.94 Å². The number of nitriles is 1. The normalized spacial score (nSPS) is 10.0. The quantitative estimate of drug-likeness (QED) is 0.751. The van der Waals surface area contributed by atoms with E-state index in [-0.39, 0.29) is 0 Å². The summed E-state index contributed by atoms with van der Waals surface area (Å²) < 4.78 is 1.63. The van der Waals surface area contributed by atoms with Gasteiger partial charge >= 0.3 is 0 Å². The minimum absolute atomic E-state index is 0.598. The zero-order valence-corrected chi connectivity index (χ0v) is 9.48. The van der Waals surface area contributed by atoms with Gasteiger partial charge in [-0.25, -0.2) is 0 Å². The Labute approximate surface area is 97.1 Å². The van der Waals surface area contributed by atoms with Crippen LogP contribution in [-0.4, -0.2) is 26.0 Å². The van der Waals surface area contributed by atoms with Crippen LogP contribution in [0.5, 0.6) is 0 Å². The highest BCUT2D eigenvalue weighted by Gasteiger charge is 2.07. The maximum absolute atomic E-state index is 8.82. The van der Waals surface area contributed by atoms with Gasteiger partial charge in [-0.1, -0.05) is 24.8 Å². The van der Waals surface area contributed by atoms with Crippen LogP contribution < -0.4 is 0 Å². The molecule has 0 radical (unpaired) electrons. The number of hydrogen-bond acceptors (Lipinski definition) is 5. The molecule has 1 aromatic carbocycles. The zero-order chi connectivity index (χ0) is 11.4. The van der Waals surface area contributed by atoms with E-state index in [2.05, 4.69) is 21.6 Å². The molecule has 0 unspecified atom stereocenters. The average Bonchev–Trinajstić information content (AvgIpc) is 2.78. The van der Waals surface area contributed by atoms with Gasteiger partial charge in [0.05, 0.1) is 17.3 Å². The summed E-state index contributed by atoms with van der Waals surface area (Å²) in [6.45, 7) is 2.04. The first-order chi connectivity index (χ1) is 7.85. The van der Waals surface area contributed by atoms with Crippen LogP contribution in [-0.2, 0) is 0 Å². The second-order valence-electron chi connectivity index (χ2n) is 2.97. The molecular formula is C10H9N5S. The van der Waals surface area contributed by atoms with Gasteiger partial charge in [0.1, 0.15) is 0 Å². The van der Waals surface area contributed by atoms with Crippen molar-refractivity contribution in [1.29, 1.82) is 5.26 Å². The monoisotopic (exact) mass is 231 g/mol. The molecule has 0 saturated heterocycles. The number of thioether (sulfide) groups is 1. The van der Waals surface area contributed by atoms with E-state index in [9.17, 15) is 0 Å². The van der Waals surface area contributed by atoms with Crippen LogP contribution in [0.25, 0.3) is 5.69 Å². The average molecular weight is 231 g/mol. The van der Waals surface area contributed by atoms with Crippen molar-refractivity contribution < 1.29 is 0 Å². The molecule has 0 bridgehead atoms. The predicted molar refractivity (Wildman–Crippen MR) is 60.3 cm³/mol. The van der Waals surface area contributed by atoms with Crippen molar-refractivity contribution in [2.75, 3.05) is 5.75 Å². The Kier molecular flexibility index (Phi) is 3.17. The van der Waals surface area contributed by atoms with Crippen LogP contribution in [0.15, 0.2) is 29.4 Å². The Morgan fingerprint density at radius 3 is 3.12 bits per heavy atom. The molecule has 0 aliphatic carbocycles. The fourth-order valence-corrected chi connectivity index (χ4v) is 1.88. The molecule has 2 aromatic rings. The summed E-state index contributed by atoms with van der Waals surface area (Å²) in [6, 6.07) is 9.29. The molecular weight excluding hydrogens is 222 g/mol. The van der Waals surface area contributed by atoms with Crippen molar-refractivity contribution in [3.05, 3.63) is 29.8 Å². The largest absolute Gasteiger partial charge is 0.214 e. The van der Waals surface area contributed by atoms with Gasteiger partial charge in [0.15, 0.2) is 0 Å². The molecule has 0 N–H and O–H groups in total. The van der Waals surface area contributed by atoms with Crippen LogP contribution in [0.4, 0.5) is 0 Å². The third-order valence-corrected chi connectivity index (χ3v) is 2.74. The molecule has 1 heterocycles. The lowest BCUT2D eigenvalue weighted by Gasteiger charge is -2.02. The van der Waals surface area contributed by atoms with Gasteiger partial charge in [-0.15, -0.1) is 5.10 Å². The first kappa shape index (κ1) is 10.6. The molecule has 2 rings (SSSR count). The van der Waals surface area contributed by atoms with E-state index < -0.39 is 0 Å². The molecule has 0 aliphatic heterocycles. The van der Waals surface area contributed by atoms with Crippen molar-refractivity contribution in [3.63, 3.8) is 0 Å². The van der Waals surface area contributed by atoms with Crippen molar-refractivity contribution in [2.24, 2.45) is 0 Å². The van der Waals surface area contributed by atoms with Gasteiger partial charge in [0, 0.05) is 0 Å². The molecule has 0 amide bonds. The van der Waals surface area contributed by atoms with E-state index in [1.54, 1.807) is 28.6 Å². The van der Waals surface area contributed by atoms with Gasteiger partial charge in [0.25, 0.3) is 0 Å². The molecule has 1 aromatic heterocycles. The maximum atomic E-state index is 8.82. The number of benzene rings is 1. The number of hydrogen-bond donors (Lipinski definition) is 0. The van der Waals surface area contributed by atoms with E-state index in [0.717, 1.165) is 16.6 Å². The van der Waals surface area contributed by atoms with Gasteiger partial charge in [0.2, 0.25) is 5.16 Å². The van der Waals surface area contributed by atoms with Crippen LogP contribution >= 0.6 is 11.8 Å². The first-order valence-electron chi connectivity index (χ1n) is 4.77. The number of rotatable bonds is 3. The number of nitrogens with zero attached hydrogens (tertiary/aromatic N) is 5. The van der Waals surface area contributed by atoms with Crippen LogP contribution in [0.1, 0.15) is 12.5 Å². The molecule has 80 valence electrons. The predicted octanol–water partition coefficient (Wildman–Crippen LogP) is 1.65. The Morgan fingerprint density at radius 2 is 2.38 bits per heavy atom. The SMILES string of the molecule is CCSc1nnnn1-c1cccc(C#N)c1. The summed E-state index contributed by atoms with van der Waals surface area (Å²) in [6.07, 6.45) is 0. The van der Waals surface area contributed by atoms with Gasteiger partial charge < -0.3 is 0 Å². The van der Waals surface area contributed by atoms with Crippen molar-refractivity contribution in [3.8, 4) is 11.8 Å². The highest BCUT2D eigenvalue weighted by atomic mass is 32.2. The minimum atomic E-state index is 0.598. The summed E-state index contributed by atoms with van der Waals surface area (Å²) in [5.74, 6) is 0.901. The van der Waals surface area contributed by atoms with E-state index in [4.69, 9.17) is 5.26 Å². The molecule has 0 saturated carbocycles. The van der Waals surface area contributed by atoms with Gasteiger partial charge in [-0.05, 0) is 34.4 Å². The summed E-state index contributed by atoms with van der Waals surface area (Å²) in [4.78, 5) is 0. The second kappa shape index (κ2) is 4.77. The Bertz CT molecular complexity index is 528. The highest BCUT2D eigenvalue weighted by Crippen LogP contribution is 2.17. The van der Waals surface area contributed by atoms with Gasteiger partial charge in [-0.3, -0.25) is 0 Å². The van der Waals surface area contributed by atoms with E-state index >= 15 is 0 Å². The fourth-order valence-electron chi connectivity index (χ4n) is 1.27. The third kappa shape index (κ3) is 2.04. The van der Waals surface area contributed by atoms with E-state index in [0.29, 0.717) is 5.56 Å². The molecule has 6 heteroatoms. The molecule has 0 atom stereocenters. The third-order valence-electron chi connectivity index (χ3n) is 1.93. The van der Waals surface area contributed by atoms with E-state index in [1.807, 2.05) is 19.1 Å². The molecule has 0 spiro atoms. The lowest BCUT2D eigenvalue weighted by molar-refractivity contribution is 0.756. The van der Waals surface area contributed by atoms with Crippen LogP contribution in [0, 0.1) is 11.3 Å². The second-order valence-corrected chi connectivity index (χ2v) is 4.20. The van der Waals surface area contributed by atoms with E-state index in [1.165, 1.54) is 0 Å². The van der Waals surface area contributed by atoms with Crippen molar-refractivity contribution in [2.45, 2.75) is 12.1 Å². The van der Waals surface area contributed by atoms with Crippen LogP contribution in [0.3, 0.4) is 0 Å². The number of aromatic nitrogens is 4. The Balaban J connectivity index is 2.42. The smallest absolute Gasteiger partial charge is 0.192 e. The topological polar surface area (TPSA) is 67.4 Å². The summed E-state index contributed by atoms with van der Waals surface area (Å²) in [5, 5.41) is 21.0. The molecule has 0 fully saturated rings. The fraction of sp³-hybridized carbons (Fsp3) is 0.200. The summed E-state index contributed by atoms with van der Waals surface area (Å²) >= 11 is 1.56. The van der Waals surface area contributed by atoms with Crippen molar-refractivity contribution in [1.82, 2.24) is 20.2 Å². The Morgan fingerprint density at radius 1 is 1.50 bits per heavy atom. The lowest BCUT2D eigenvalue weighted by atomic mass is 10.2. The number of tetrazole rings is 1. The first-order valence-corrected chi connectivity index (χ1v) is 5.75. The Hall–Kier alpha value is -1.87. The lowest BCUT2D eigenvalue weighted by Crippen LogP contribution is -1.99. The maximum Gasteiger partial charge on any atom is 0.214 e. The van der Waals surface area contributed by atoms with Crippen molar-refractivity contribution >= 4 is 11.8 Å². The standard InChI is InChI=1S/C10H9N5S/c1-2-16-10-12-13-14-15(10)9-5-3-4-8(6-9)7-11/h3-6H,2H2,1H3. The highest BCUT2D eigenvalue weighted by molar-refractivity contribution is 7.99. The molecule has 16 heavy (non-hydrogen) atoms. The molecule has 0 aliphatic rings.